The topological polar surface area (TPSA) is 26.0 Å². The van der Waals surface area contributed by atoms with Crippen LogP contribution in [-0.2, 0) is 6.42 Å². The van der Waals surface area contributed by atoms with Crippen LogP contribution in [0.15, 0.2) is 30.4 Å². The lowest BCUT2D eigenvalue weighted by Crippen LogP contribution is -2.36. The molecule has 0 saturated carbocycles. The van der Waals surface area contributed by atoms with Crippen LogP contribution >= 0.6 is 11.6 Å². The van der Waals surface area contributed by atoms with Crippen LogP contribution < -0.4 is 5.73 Å². The van der Waals surface area contributed by atoms with Crippen molar-refractivity contribution in [3.63, 3.8) is 0 Å². The Bertz CT molecular complexity index is 425. The first-order chi connectivity index (χ1) is 7.25. The molecule has 2 aliphatic carbocycles. The maximum absolute atomic E-state index is 6.24. The van der Waals surface area contributed by atoms with Gasteiger partial charge in [0.25, 0.3) is 0 Å². The van der Waals surface area contributed by atoms with Crippen molar-refractivity contribution >= 4 is 11.6 Å². The molecular weight excluding hydrogens is 206 g/mol. The van der Waals surface area contributed by atoms with Crippen molar-refractivity contribution in [2.75, 3.05) is 0 Å². The van der Waals surface area contributed by atoms with Gasteiger partial charge in [-0.1, -0.05) is 35.9 Å². The van der Waals surface area contributed by atoms with E-state index >= 15 is 0 Å². The monoisotopic (exact) mass is 219 g/mol. The Hall–Kier alpha value is -0.790. The lowest BCUT2D eigenvalue weighted by molar-refractivity contribution is 0.378. The smallest absolute Gasteiger partial charge is 0.0441 e. The Kier molecular flexibility index (Phi) is 2.11. The zero-order valence-corrected chi connectivity index (χ0v) is 9.24. The average molecular weight is 220 g/mol. The number of benzene rings is 1. The molecule has 15 heavy (non-hydrogen) atoms. The standard InChI is InChI=1S/C13H14ClN/c14-12-3-1-2-10-8-4-5-13(15)9(6-8)7-11(10)12/h1-5,8-9,13H,6-7,15H2. The third-order valence-corrected chi connectivity index (χ3v) is 4.04. The van der Waals surface area contributed by atoms with Gasteiger partial charge >= 0.3 is 0 Å². The van der Waals surface area contributed by atoms with E-state index in [1.54, 1.807) is 0 Å². The summed E-state index contributed by atoms with van der Waals surface area (Å²) in [5, 5.41) is 0.907. The molecule has 0 aliphatic heterocycles. The molecule has 78 valence electrons. The largest absolute Gasteiger partial charge is 0.324 e. The van der Waals surface area contributed by atoms with Crippen LogP contribution in [0.2, 0.25) is 5.02 Å². The fraction of sp³-hybridized carbons (Fsp3) is 0.385. The number of rotatable bonds is 0. The molecular formula is C13H14ClN. The van der Waals surface area contributed by atoms with E-state index in [4.69, 9.17) is 17.3 Å². The fourth-order valence-corrected chi connectivity index (χ4v) is 3.09. The van der Waals surface area contributed by atoms with E-state index < -0.39 is 0 Å². The number of nitrogens with two attached hydrogens (primary N) is 1. The Balaban J connectivity index is 2.13. The number of hydrogen-bond donors (Lipinski definition) is 1. The Morgan fingerprint density at radius 3 is 3.00 bits per heavy atom. The molecule has 1 aromatic rings. The van der Waals surface area contributed by atoms with Gasteiger partial charge in [-0.15, -0.1) is 0 Å². The molecule has 3 rings (SSSR count). The van der Waals surface area contributed by atoms with Gasteiger partial charge in [-0.05, 0) is 36.0 Å². The van der Waals surface area contributed by atoms with Gasteiger partial charge in [0, 0.05) is 17.0 Å². The highest BCUT2D eigenvalue weighted by atomic mass is 35.5. The predicted octanol–water partition coefficient (Wildman–Crippen LogP) is 2.88. The molecule has 0 fully saturated rings. The second-order valence-electron chi connectivity index (χ2n) is 4.58. The Labute approximate surface area is 94.9 Å². The van der Waals surface area contributed by atoms with Crippen molar-refractivity contribution in [3.8, 4) is 0 Å². The minimum absolute atomic E-state index is 0.214. The molecule has 1 nitrogen and oxygen atoms in total. The highest BCUT2D eigenvalue weighted by Crippen LogP contribution is 2.42. The molecule has 0 radical (unpaired) electrons. The molecule has 2 bridgehead atoms. The fourth-order valence-electron chi connectivity index (χ4n) is 2.83. The summed E-state index contributed by atoms with van der Waals surface area (Å²) in [6.07, 6.45) is 6.63. The van der Waals surface area contributed by atoms with Gasteiger partial charge in [0.05, 0.1) is 0 Å². The Morgan fingerprint density at radius 1 is 1.27 bits per heavy atom. The van der Waals surface area contributed by atoms with E-state index in [-0.39, 0.29) is 6.04 Å². The number of hydrogen-bond acceptors (Lipinski definition) is 1. The summed E-state index contributed by atoms with van der Waals surface area (Å²) in [5.41, 5.74) is 8.79. The van der Waals surface area contributed by atoms with Crippen molar-refractivity contribution in [3.05, 3.63) is 46.5 Å². The first-order valence-electron chi connectivity index (χ1n) is 5.47. The lowest BCUT2D eigenvalue weighted by atomic mass is 9.71. The first-order valence-corrected chi connectivity index (χ1v) is 5.84. The van der Waals surface area contributed by atoms with Gasteiger partial charge in [0.15, 0.2) is 0 Å². The minimum Gasteiger partial charge on any atom is -0.324 e. The summed E-state index contributed by atoms with van der Waals surface area (Å²) in [7, 11) is 0. The highest BCUT2D eigenvalue weighted by Gasteiger charge is 2.32. The maximum Gasteiger partial charge on any atom is 0.0441 e. The average Bonchev–Trinajstić information content (AvgIpc) is 2.25. The number of allylic oxidation sites excluding steroid dienone is 1. The molecule has 3 unspecified atom stereocenters. The normalized spacial score (nSPS) is 32.5. The van der Waals surface area contributed by atoms with Crippen LogP contribution in [0.1, 0.15) is 23.5 Å². The summed E-state index contributed by atoms with van der Waals surface area (Å²) in [6, 6.07) is 6.44. The molecule has 0 aromatic heterocycles. The zero-order valence-electron chi connectivity index (χ0n) is 8.49. The molecule has 0 spiro atoms. The molecule has 0 saturated heterocycles. The summed E-state index contributed by atoms with van der Waals surface area (Å²) in [6.45, 7) is 0. The molecule has 2 aliphatic rings. The summed E-state index contributed by atoms with van der Waals surface area (Å²) in [5.74, 6) is 1.12. The summed E-state index contributed by atoms with van der Waals surface area (Å²) in [4.78, 5) is 0. The van der Waals surface area contributed by atoms with Gasteiger partial charge in [-0.25, -0.2) is 0 Å². The van der Waals surface area contributed by atoms with Crippen molar-refractivity contribution < 1.29 is 0 Å². The molecule has 3 atom stereocenters. The van der Waals surface area contributed by atoms with Crippen LogP contribution in [0.4, 0.5) is 0 Å². The van der Waals surface area contributed by atoms with Crippen molar-refractivity contribution in [2.45, 2.75) is 24.8 Å². The van der Waals surface area contributed by atoms with Gasteiger partial charge in [-0.3, -0.25) is 0 Å². The maximum atomic E-state index is 6.24. The number of fused-ring (bicyclic) bond motifs is 4. The lowest BCUT2D eigenvalue weighted by Gasteiger charge is -2.36. The summed E-state index contributed by atoms with van der Waals surface area (Å²) < 4.78 is 0. The van der Waals surface area contributed by atoms with Gasteiger partial charge in [0.1, 0.15) is 0 Å². The zero-order chi connectivity index (χ0) is 10.4. The minimum atomic E-state index is 0.214. The van der Waals surface area contributed by atoms with E-state index in [2.05, 4.69) is 18.2 Å². The molecule has 0 heterocycles. The molecule has 2 N–H and O–H groups in total. The van der Waals surface area contributed by atoms with Gasteiger partial charge in [0.2, 0.25) is 0 Å². The van der Waals surface area contributed by atoms with Crippen molar-refractivity contribution in [2.24, 2.45) is 11.7 Å². The molecule has 1 aromatic carbocycles. The third-order valence-electron chi connectivity index (χ3n) is 3.69. The van der Waals surface area contributed by atoms with Crippen molar-refractivity contribution in [1.82, 2.24) is 0 Å². The van der Waals surface area contributed by atoms with E-state index in [9.17, 15) is 0 Å². The number of halogens is 1. The van der Waals surface area contributed by atoms with E-state index in [0.29, 0.717) is 11.8 Å². The van der Waals surface area contributed by atoms with Crippen LogP contribution in [-0.4, -0.2) is 6.04 Å². The second-order valence-corrected chi connectivity index (χ2v) is 4.98. The van der Waals surface area contributed by atoms with Crippen LogP contribution in [0, 0.1) is 5.92 Å². The predicted molar refractivity (Wildman–Crippen MR) is 63.1 cm³/mol. The first kappa shape index (κ1) is 9.44. The molecule has 0 amide bonds. The van der Waals surface area contributed by atoms with Gasteiger partial charge in [-0.2, -0.15) is 0 Å². The molecule has 2 heteroatoms. The quantitative estimate of drug-likeness (QED) is 0.668. The summed E-state index contributed by atoms with van der Waals surface area (Å²) >= 11 is 6.24. The Morgan fingerprint density at radius 2 is 2.13 bits per heavy atom. The van der Waals surface area contributed by atoms with Crippen LogP contribution in [0.3, 0.4) is 0 Å². The van der Waals surface area contributed by atoms with Crippen LogP contribution in [0.5, 0.6) is 0 Å². The van der Waals surface area contributed by atoms with Crippen molar-refractivity contribution in [1.29, 1.82) is 0 Å². The van der Waals surface area contributed by atoms with Crippen LogP contribution in [0.25, 0.3) is 0 Å². The van der Waals surface area contributed by atoms with Gasteiger partial charge < -0.3 is 5.73 Å². The van der Waals surface area contributed by atoms with E-state index in [1.165, 1.54) is 17.5 Å². The van der Waals surface area contributed by atoms with E-state index in [1.807, 2.05) is 12.1 Å². The second kappa shape index (κ2) is 3.36. The third kappa shape index (κ3) is 1.42. The highest BCUT2D eigenvalue weighted by molar-refractivity contribution is 6.31. The van der Waals surface area contributed by atoms with E-state index in [0.717, 1.165) is 11.4 Å². The SMILES string of the molecule is NC1C=CC2CC1Cc1c(Cl)cccc12.